The van der Waals surface area contributed by atoms with Crippen LogP contribution in [0.3, 0.4) is 0 Å². The molecule has 1 fully saturated rings. The number of benzene rings is 1. The number of carbonyl (C=O) groups is 3. The molecule has 2 N–H and O–H groups in total. The van der Waals surface area contributed by atoms with Gasteiger partial charge >= 0.3 is 11.9 Å². The van der Waals surface area contributed by atoms with E-state index in [-0.39, 0.29) is 12.5 Å². The monoisotopic (exact) mass is 402 g/mol. The zero-order valence-corrected chi connectivity index (χ0v) is 16.6. The number of hydrogen-bond donors (Lipinski definition) is 2. The molecule has 0 aliphatic carbocycles. The number of fused-ring (bicyclic) bond motifs is 1. The van der Waals surface area contributed by atoms with Crippen molar-refractivity contribution < 1.29 is 24.6 Å². The van der Waals surface area contributed by atoms with Crippen LogP contribution in [0.15, 0.2) is 30.5 Å². The fourth-order valence-electron chi connectivity index (χ4n) is 3.77. The van der Waals surface area contributed by atoms with E-state index in [0.29, 0.717) is 43.8 Å². The molecule has 1 aliphatic heterocycles. The highest BCUT2D eigenvalue weighted by Crippen LogP contribution is 2.31. The molecule has 0 saturated carbocycles. The first-order valence-corrected chi connectivity index (χ1v) is 9.47. The van der Waals surface area contributed by atoms with Crippen molar-refractivity contribution in [3.8, 4) is 0 Å². The van der Waals surface area contributed by atoms with Crippen LogP contribution in [0.5, 0.6) is 0 Å². The van der Waals surface area contributed by atoms with E-state index >= 15 is 0 Å². The van der Waals surface area contributed by atoms with Crippen LogP contribution in [-0.4, -0.2) is 94.1 Å². The van der Waals surface area contributed by atoms with E-state index in [1.807, 2.05) is 21.9 Å². The van der Waals surface area contributed by atoms with Gasteiger partial charge in [-0.05, 0) is 6.07 Å². The van der Waals surface area contributed by atoms with Crippen molar-refractivity contribution in [1.29, 1.82) is 0 Å². The second kappa shape index (κ2) is 8.62. The van der Waals surface area contributed by atoms with Gasteiger partial charge in [0.1, 0.15) is 12.6 Å². The van der Waals surface area contributed by atoms with Crippen molar-refractivity contribution in [3.63, 3.8) is 0 Å². The number of aliphatic carboxylic acids is 2. The van der Waals surface area contributed by atoms with Gasteiger partial charge in [0.05, 0.1) is 6.54 Å². The molecule has 0 unspecified atom stereocenters. The average molecular weight is 402 g/mol. The Morgan fingerprint density at radius 2 is 1.69 bits per heavy atom. The van der Waals surface area contributed by atoms with Crippen LogP contribution in [0.1, 0.15) is 11.6 Å². The number of carbonyl (C=O) groups excluding carboxylic acids is 1. The first-order valence-electron chi connectivity index (χ1n) is 9.47. The van der Waals surface area contributed by atoms with Crippen LogP contribution < -0.4 is 0 Å². The Morgan fingerprint density at radius 3 is 2.28 bits per heavy atom. The SMILES string of the molecule is CN(C)C(=O)CN1CCN([C@@H](C(=O)O)c2cn(CC(=O)O)c3ccccc23)CC1. The number of nitrogens with zero attached hydrogens (tertiary/aromatic N) is 4. The van der Waals surface area contributed by atoms with Gasteiger partial charge in [-0.1, -0.05) is 18.2 Å². The lowest BCUT2D eigenvalue weighted by molar-refractivity contribution is -0.145. The molecule has 29 heavy (non-hydrogen) atoms. The first-order chi connectivity index (χ1) is 13.8. The molecule has 1 aliphatic rings. The summed E-state index contributed by atoms with van der Waals surface area (Å²) in [6.07, 6.45) is 1.64. The summed E-state index contributed by atoms with van der Waals surface area (Å²) in [7, 11) is 3.43. The average Bonchev–Trinajstić information content (AvgIpc) is 3.00. The van der Waals surface area contributed by atoms with Crippen LogP contribution in [-0.2, 0) is 20.9 Å². The van der Waals surface area contributed by atoms with Crippen molar-refractivity contribution in [3.05, 3.63) is 36.0 Å². The molecule has 2 heterocycles. The highest BCUT2D eigenvalue weighted by Gasteiger charge is 2.33. The highest BCUT2D eigenvalue weighted by atomic mass is 16.4. The van der Waals surface area contributed by atoms with Gasteiger partial charge in [0, 0.05) is 62.9 Å². The lowest BCUT2D eigenvalue weighted by Crippen LogP contribution is -2.51. The molecule has 9 heteroatoms. The third kappa shape index (κ3) is 4.57. The second-order valence-corrected chi connectivity index (χ2v) is 7.46. The minimum Gasteiger partial charge on any atom is -0.480 e. The van der Waals surface area contributed by atoms with Crippen LogP contribution >= 0.6 is 0 Å². The molecular weight excluding hydrogens is 376 g/mol. The quantitative estimate of drug-likeness (QED) is 0.697. The third-order valence-corrected chi connectivity index (χ3v) is 5.28. The molecule has 1 aromatic carbocycles. The van der Waals surface area contributed by atoms with E-state index in [1.54, 1.807) is 41.9 Å². The zero-order chi connectivity index (χ0) is 21.1. The molecule has 2 aromatic rings. The second-order valence-electron chi connectivity index (χ2n) is 7.46. The Balaban J connectivity index is 1.84. The molecule has 0 bridgehead atoms. The number of likely N-dealkylation sites (N-methyl/N-ethyl adjacent to an activating group) is 1. The normalized spacial score (nSPS) is 16.6. The highest BCUT2D eigenvalue weighted by molar-refractivity contribution is 5.90. The molecule has 1 atom stereocenters. The van der Waals surface area contributed by atoms with Crippen LogP contribution in [0.4, 0.5) is 0 Å². The number of rotatable bonds is 7. The zero-order valence-electron chi connectivity index (χ0n) is 16.6. The van der Waals surface area contributed by atoms with E-state index < -0.39 is 18.0 Å². The number of aromatic nitrogens is 1. The number of hydrogen-bond acceptors (Lipinski definition) is 5. The Kier molecular flexibility index (Phi) is 6.19. The van der Waals surface area contributed by atoms with Gasteiger partial charge in [0.25, 0.3) is 0 Å². The van der Waals surface area contributed by atoms with Gasteiger partial charge in [-0.2, -0.15) is 0 Å². The van der Waals surface area contributed by atoms with Gasteiger partial charge in [0.2, 0.25) is 5.91 Å². The molecule has 156 valence electrons. The summed E-state index contributed by atoms with van der Waals surface area (Å²) in [5.74, 6) is -1.94. The Bertz CT molecular complexity index is 915. The first kappa shape index (κ1) is 20.8. The largest absolute Gasteiger partial charge is 0.480 e. The molecule has 9 nitrogen and oxygen atoms in total. The number of carboxylic acids is 2. The summed E-state index contributed by atoms with van der Waals surface area (Å²) in [5, 5.41) is 19.9. The summed E-state index contributed by atoms with van der Waals surface area (Å²) >= 11 is 0. The predicted octanol–water partition coefficient (Wildman–Crippen LogP) is 0.557. The topological polar surface area (TPSA) is 106 Å². The predicted molar refractivity (Wildman–Crippen MR) is 107 cm³/mol. The minimum atomic E-state index is -0.983. The van der Waals surface area contributed by atoms with Crippen LogP contribution in [0.25, 0.3) is 10.9 Å². The fraction of sp³-hybridized carbons (Fsp3) is 0.450. The van der Waals surface area contributed by atoms with E-state index in [0.717, 1.165) is 5.39 Å². The van der Waals surface area contributed by atoms with E-state index in [9.17, 15) is 24.6 Å². The van der Waals surface area contributed by atoms with Gasteiger partial charge < -0.3 is 19.7 Å². The molecule has 1 saturated heterocycles. The van der Waals surface area contributed by atoms with Gasteiger partial charge in [-0.25, -0.2) is 0 Å². The number of amides is 1. The smallest absolute Gasteiger partial charge is 0.325 e. The molecular formula is C20H26N4O5. The minimum absolute atomic E-state index is 0.0185. The van der Waals surface area contributed by atoms with Crippen LogP contribution in [0, 0.1) is 0 Å². The maximum absolute atomic E-state index is 12.2. The fourth-order valence-corrected chi connectivity index (χ4v) is 3.77. The lowest BCUT2D eigenvalue weighted by Gasteiger charge is -2.37. The Labute approximate surface area is 168 Å². The van der Waals surface area contributed by atoms with Gasteiger partial charge in [-0.15, -0.1) is 0 Å². The summed E-state index contributed by atoms with van der Waals surface area (Å²) < 4.78 is 1.58. The van der Waals surface area contributed by atoms with E-state index in [1.165, 1.54) is 0 Å². The van der Waals surface area contributed by atoms with Crippen molar-refractivity contribution in [2.24, 2.45) is 0 Å². The number of para-hydroxylation sites is 1. The lowest BCUT2D eigenvalue weighted by atomic mass is 10.0. The number of piperazine rings is 1. The van der Waals surface area contributed by atoms with E-state index in [4.69, 9.17) is 0 Å². The maximum atomic E-state index is 12.2. The molecule has 3 rings (SSSR count). The standard InChI is InChI=1S/C20H26N4O5/c1-21(2)17(25)12-22-7-9-23(10-8-22)19(20(28)29)15-11-24(13-18(26)27)16-6-4-3-5-14(15)16/h3-6,11,19H,7-10,12-13H2,1-2H3,(H,26,27)(H,28,29)/t19-/m1/s1. The maximum Gasteiger partial charge on any atom is 0.325 e. The van der Waals surface area contributed by atoms with Crippen molar-refractivity contribution in [1.82, 2.24) is 19.3 Å². The summed E-state index contributed by atoms with van der Waals surface area (Å²) in [6, 6.07) is 6.37. The van der Waals surface area contributed by atoms with Crippen LogP contribution in [0.2, 0.25) is 0 Å². The van der Waals surface area contributed by atoms with E-state index in [2.05, 4.69) is 0 Å². The summed E-state index contributed by atoms with van der Waals surface area (Å²) in [4.78, 5) is 40.8. The van der Waals surface area contributed by atoms with Crippen molar-refractivity contribution in [2.75, 3.05) is 46.8 Å². The molecule has 1 aromatic heterocycles. The Morgan fingerprint density at radius 1 is 1.03 bits per heavy atom. The Hall–Kier alpha value is -2.91. The van der Waals surface area contributed by atoms with Gasteiger partial charge in [0.15, 0.2) is 0 Å². The molecule has 0 spiro atoms. The summed E-state index contributed by atoms with van der Waals surface area (Å²) in [5.41, 5.74) is 1.29. The number of carboxylic acid groups (broad SMARTS) is 2. The molecule has 0 radical (unpaired) electrons. The third-order valence-electron chi connectivity index (χ3n) is 5.28. The summed E-state index contributed by atoms with van der Waals surface area (Å²) in [6.45, 7) is 2.30. The molecule has 1 amide bonds. The van der Waals surface area contributed by atoms with Crippen molar-refractivity contribution in [2.45, 2.75) is 12.6 Å². The van der Waals surface area contributed by atoms with Gasteiger partial charge in [-0.3, -0.25) is 24.2 Å². The van der Waals surface area contributed by atoms with Crippen molar-refractivity contribution >= 4 is 28.7 Å².